The highest BCUT2D eigenvalue weighted by Crippen LogP contribution is 2.14. The number of rotatable bonds is 8. The van der Waals surface area contributed by atoms with Crippen LogP contribution in [-0.4, -0.2) is 43.6 Å². The van der Waals surface area contributed by atoms with Crippen LogP contribution in [0.1, 0.15) is 23.4 Å². The molecule has 0 bridgehead atoms. The topological polar surface area (TPSA) is 116 Å². The van der Waals surface area contributed by atoms with E-state index in [0.717, 1.165) is 5.56 Å². The Morgan fingerprint density at radius 2 is 2.10 bits per heavy atom. The monoisotopic (exact) mass is 405 g/mol. The highest BCUT2D eigenvalue weighted by atomic mass is 16.6. The third kappa shape index (κ3) is 5.39. The molecule has 0 saturated carbocycles. The maximum Gasteiger partial charge on any atom is 0.412 e. The summed E-state index contributed by atoms with van der Waals surface area (Å²) in [5.74, 6) is 3.15. The van der Waals surface area contributed by atoms with E-state index in [1.165, 1.54) is 4.68 Å². The number of benzene rings is 1. The molecule has 0 atom stereocenters. The molecule has 0 aliphatic rings. The Morgan fingerprint density at radius 1 is 1.27 bits per heavy atom. The number of oxime groups is 1. The van der Waals surface area contributed by atoms with Gasteiger partial charge in [-0.2, -0.15) is 0 Å². The fourth-order valence-corrected chi connectivity index (χ4v) is 2.42. The van der Waals surface area contributed by atoms with Gasteiger partial charge in [-0.05, 0) is 16.5 Å². The second-order valence-electron chi connectivity index (χ2n) is 5.93. The fraction of sp³-hybridized carbons (Fsp3) is 0.200. The van der Waals surface area contributed by atoms with E-state index < -0.39 is 6.09 Å². The highest BCUT2D eigenvalue weighted by molar-refractivity contribution is 6.10. The van der Waals surface area contributed by atoms with E-state index in [2.05, 4.69) is 36.9 Å². The first-order valence-electron chi connectivity index (χ1n) is 8.98. The van der Waals surface area contributed by atoms with Crippen LogP contribution in [0.15, 0.2) is 53.8 Å². The average molecular weight is 405 g/mol. The minimum absolute atomic E-state index is 0.0510. The number of carbonyl (C=O) groups excluding carboxylic acids is 1. The summed E-state index contributed by atoms with van der Waals surface area (Å²) in [7, 11) is 1.71. The van der Waals surface area contributed by atoms with Crippen molar-refractivity contribution in [3.05, 3.63) is 65.6 Å². The van der Waals surface area contributed by atoms with Crippen molar-refractivity contribution in [1.29, 1.82) is 0 Å². The number of amides is 1. The zero-order valence-electron chi connectivity index (χ0n) is 16.2. The number of aryl methyl sites for hydroxylation is 1. The number of terminal acetylenes is 1. The maximum atomic E-state index is 11.9. The third-order valence-electron chi connectivity index (χ3n) is 3.85. The number of hydrogen-bond donors (Lipinski definition) is 1. The molecule has 1 aromatic carbocycles. The SMILES string of the molecule is C#CCCOC(=O)Nc1ncccc1CO/N=C(/c1ccccc1)c1nnnn1C. The van der Waals surface area contributed by atoms with Gasteiger partial charge in [0.05, 0.1) is 0 Å². The van der Waals surface area contributed by atoms with Gasteiger partial charge in [0.2, 0.25) is 5.82 Å². The first-order valence-corrected chi connectivity index (χ1v) is 8.98. The van der Waals surface area contributed by atoms with Crippen molar-refractivity contribution in [3.63, 3.8) is 0 Å². The van der Waals surface area contributed by atoms with Crippen molar-refractivity contribution in [1.82, 2.24) is 25.2 Å². The Kier molecular flexibility index (Phi) is 7.05. The molecular formula is C20H19N7O3. The molecular weight excluding hydrogens is 386 g/mol. The van der Waals surface area contributed by atoms with Gasteiger partial charge in [-0.15, -0.1) is 17.4 Å². The number of carbonyl (C=O) groups is 1. The van der Waals surface area contributed by atoms with Crippen molar-refractivity contribution in [2.75, 3.05) is 11.9 Å². The van der Waals surface area contributed by atoms with Gasteiger partial charge in [-0.3, -0.25) is 5.32 Å². The molecule has 152 valence electrons. The average Bonchev–Trinajstić information content (AvgIpc) is 3.18. The van der Waals surface area contributed by atoms with Gasteiger partial charge in [-0.1, -0.05) is 41.6 Å². The summed E-state index contributed by atoms with van der Waals surface area (Å²) in [6.07, 6.45) is 6.37. The van der Waals surface area contributed by atoms with Crippen LogP contribution in [0.4, 0.5) is 10.6 Å². The minimum Gasteiger partial charge on any atom is -0.448 e. The lowest BCUT2D eigenvalue weighted by Crippen LogP contribution is -2.16. The summed E-state index contributed by atoms with van der Waals surface area (Å²) in [5, 5.41) is 18.3. The summed E-state index contributed by atoms with van der Waals surface area (Å²) in [6, 6.07) is 12.9. The lowest BCUT2D eigenvalue weighted by atomic mass is 10.1. The lowest BCUT2D eigenvalue weighted by Gasteiger charge is -2.10. The van der Waals surface area contributed by atoms with Gasteiger partial charge in [0.1, 0.15) is 19.0 Å². The van der Waals surface area contributed by atoms with Gasteiger partial charge < -0.3 is 9.57 Å². The standard InChI is InChI=1S/C20H19N7O3/c1-3-4-13-29-20(28)22-18-16(11-8-12-21-18)14-30-24-17(15-9-6-5-7-10-15)19-23-25-26-27(19)2/h1,5-12H,4,13-14H2,2H3,(H,21,22,28)/b24-17-. The molecule has 0 fully saturated rings. The predicted octanol–water partition coefficient (Wildman–Crippen LogP) is 2.15. The van der Waals surface area contributed by atoms with Gasteiger partial charge in [0, 0.05) is 30.8 Å². The number of nitrogens with one attached hydrogen (secondary N) is 1. The van der Waals surface area contributed by atoms with Crippen LogP contribution in [-0.2, 0) is 23.2 Å². The summed E-state index contributed by atoms with van der Waals surface area (Å²) in [6.45, 7) is 0.173. The second kappa shape index (κ2) is 10.3. The van der Waals surface area contributed by atoms with Crippen LogP contribution >= 0.6 is 0 Å². The lowest BCUT2D eigenvalue weighted by molar-refractivity contribution is 0.130. The van der Waals surface area contributed by atoms with Gasteiger partial charge in [0.25, 0.3) is 0 Å². The van der Waals surface area contributed by atoms with Gasteiger partial charge in [0.15, 0.2) is 5.71 Å². The normalized spacial score (nSPS) is 10.9. The molecule has 0 unspecified atom stereocenters. The van der Waals surface area contributed by atoms with E-state index in [1.54, 1.807) is 25.4 Å². The molecule has 0 aliphatic carbocycles. The Bertz CT molecular complexity index is 1060. The smallest absolute Gasteiger partial charge is 0.412 e. The Morgan fingerprint density at radius 3 is 2.83 bits per heavy atom. The summed E-state index contributed by atoms with van der Waals surface area (Å²) in [5.41, 5.74) is 1.87. The number of pyridine rings is 1. The first-order chi connectivity index (χ1) is 14.7. The number of nitrogens with zero attached hydrogens (tertiary/aromatic N) is 6. The second-order valence-corrected chi connectivity index (χ2v) is 5.93. The van der Waals surface area contributed by atoms with Crippen LogP contribution in [0, 0.1) is 12.3 Å². The molecule has 10 heteroatoms. The van der Waals surface area contributed by atoms with Crippen LogP contribution in [0.3, 0.4) is 0 Å². The van der Waals surface area contributed by atoms with Crippen molar-refractivity contribution < 1.29 is 14.4 Å². The third-order valence-corrected chi connectivity index (χ3v) is 3.85. The van der Waals surface area contributed by atoms with E-state index >= 15 is 0 Å². The van der Waals surface area contributed by atoms with Gasteiger partial charge in [-0.25, -0.2) is 14.5 Å². The van der Waals surface area contributed by atoms with Crippen LogP contribution in [0.2, 0.25) is 0 Å². The van der Waals surface area contributed by atoms with E-state index in [4.69, 9.17) is 16.0 Å². The first kappa shape index (κ1) is 20.5. The largest absolute Gasteiger partial charge is 0.448 e. The van der Waals surface area contributed by atoms with E-state index in [-0.39, 0.29) is 13.2 Å². The van der Waals surface area contributed by atoms with Crippen LogP contribution in [0.25, 0.3) is 0 Å². The van der Waals surface area contributed by atoms with Crippen LogP contribution < -0.4 is 5.32 Å². The highest BCUT2D eigenvalue weighted by Gasteiger charge is 2.15. The molecule has 1 amide bonds. The molecule has 10 nitrogen and oxygen atoms in total. The quantitative estimate of drug-likeness (QED) is 0.264. The molecule has 0 spiro atoms. The molecule has 1 N–H and O–H groups in total. The number of ether oxygens (including phenoxy) is 1. The van der Waals surface area contributed by atoms with Crippen LogP contribution in [0.5, 0.6) is 0 Å². The molecule has 0 radical (unpaired) electrons. The Labute approximate surface area is 172 Å². The zero-order chi connectivity index (χ0) is 21.2. The zero-order valence-corrected chi connectivity index (χ0v) is 16.2. The summed E-state index contributed by atoms with van der Waals surface area (Å²) >= 11 is 0. The maximum absolute atomic E-state index is 11.9. The number of tetrazole rings is 1. The van der Waals surface area contributed by atoms with Crippen molar-refractivity contribution >= 4 is 17.6 Å². The van der Waals surface area contributed by atoms with Crippen molar-refractivity contribution in [2.45, 2.75) is 13.0 Å². The molecule has 3 aromatic rings. The van der Waals surface area contributed by atoms with Gasteiger partial charge >= 0.3 is 6.09 Å². The Balaban J connectivity index is 1.74. The molecule has 2 heterocycles. The molecule has 3 rings (SSSR count). The number of hydrogen-bond acceptors (Lipinski definition) is 8. The number of aromatic nitrogens is 5. The summed E-state index contributed by atoms with van der Waals surface area (Å²) in [4.78, 5) is 21.6. The van der Waals surface area contributed by atoms with Crippen molar-refractivity contribution in [3.8, 4) is 12.3 Å². The molecule has 2 aromatic heterocycles. The Hall–Kier alpha value is -4.26. The molecule has 0 aliphatic heterocycles. The van der Waals surface area contributed by atoms with Crippen molar-refractivity contribution in [2.24, 2.45) is 12.2 Å². The number of anilines is 1. The summed E-state index contributed by atoms with van der Waals surface area (Å²) < 4.78 is 6.48. The molecule has 30 heavy (non-hydrogen) atoms. The van der Waals surface area contributed by atoms with E-state index in [9.17, 15) is 4.79 Å². The molecule has 0 saturated heterocycles. The predicted molar refractivity (Wildman–Crippen MR) is 108 cm³/mol. The minimum atomic E-state index is -0.649. The van der Waals surface area contributed by atoms with E-state index in [0.29, 0.717) is 29.3 Å². The fourth-order valence-electron chi connectivity index (χ4n) is 2.42. The van der Waals surface area contributed by atoms with E-state index in [1.807, 2.05) is 30.3 Å².